The summed E-state index contributed by atoms with van der Waals surface area (Å²) in [6, 6.07) is 0. The second-order valence-electron chi connectivity index (χ2n) is 3.96. The Bertz CT molecular complexity index is 519. The molecular formula is C12H14O6S3. The van der Waals surface area contributed by atoms with Crippen LogP contribution in [0.3, 0.4) is 0 Å². The predicted octanol–water partition coefficient (Wildman–Crippen LogP) is 0.0533. The first-order chi connectivity index (χ1) is 9.78. The monoisotopic (exact) mass is 350 g/mol. The summed E-state index contributed by atoms with van der Waals surface area (Å²) in [5.74, 6) is 5.40. The molecule has 0 aromatic carbocycles. The molecule has 0 aliphatic carbocycles. The van der Waals surface area contributed by atoms with Crippen LogP contribution in [0.15, 0.2) is 0 Å². The second-order valence-corrected chi connectivity index (χ2v) is 7.26. The number of hydrogen-bond donors (Lipinski definition) is 3. The van der Waals surface area contributed by atoms with E-state index in [1.165, 1.54) is 0 Å². The Labute approximate surface area is 131 Å². The van der Waals surface area contributed by atoms with Crippen LogP contribution in [0.25, 0.3) is 0 Å². The van der Waals surface area contributed by atoms with E-state index in [1.807, 2.05) is 0 Å². The Morgan fingerprint density at radius 1 is 0.762 bits per heavy atom. The summed E-state index contributed by atoms with van der Waals surface area (Å²) >= 11 is -7.15. The van der Waals surface area contributed by atoms with Crippen LogP contribution in [-0.2, 0) is 33.2 Å². The molecule has 6 unspecified atom stereocenters. The van der Waals surface area contributed by atoms with E-state index in [-0.39, 0.29) is 12.8 Å². The van der Waals surface area contributed by atoms with Crippen molar-refractivity contribution < 1.29 is 26.3 Å². The molecule has 0 aromatic heterocycles. The molecule has 3 N–H and O–H groups in total. The molecule has 0 rings (SSSR count). The van der Waals surface area contributed by atoms with Crippen molar-refractivity contribution in [3.63, 3.8) is 0 Å². The van der Waals surface area contributed by atoms with E-state index >= 15 is 0 Å². The van der Waals surface area contributed by atoms with E-state index in [1.54, 1.807) is 0 Å². The van der Waals surface area contributed by atoms with Gasteiger partial charge in [-0.15, -0.1) is 19.3 Å². The predicted molar refractivity (Wildman–Crippen MR) is 82.9 cm³/mol. The van der Waals surface area contributed by atoms with Crippen LogP contribution in [-0.4, -0.2) is 42.0 Å². The molecule has 9 heteroatoms. The van der Waals surface area contributed by atoms with Crippen LogP contribution in [0.1, 0.15) is 12.8 Å². The topological polar surface area (TPSA) is 112 Å². The van der Waals surface area contributed by atoms with Crippen molar-refractivity contribution in [2.45, 2.75) is 28.6 Å². The van der Waals surface area contributed by atoms with Crippen molar-refractivity contribution in [1.82, 2.24) is 0 Å². The Balaban J connectivity index is 5.39. The molecular weight excluding hydrogens is 336 g/mol. The average molecular weight is 350 g/mol. The summed E-state index contributed by atoms with van der Waals surface area (Å²) in [5.41, 5.74) is 0. The van der Waals surface area contributed by atoms with Crippen LogP contribution in [0.2, 0.25) is 0 Å². The van der Waals surface area contributed by atoms with Crippen LogP contribution in [0.5, 0.6) is 0 Å². The molecule has 6 nitrogen and oxygen atoms in total. The molecule has 0 fully saturated rings. The van der Waals surface area contributed by atoms with Crippen molar-refractivity contribution in [3.05, 3.63) is 0 Å². The quantitative estimate of drug-likeness (QED) is 0.421. The van der Waals surface area contributed by atoms with Crippen LogP contribution >= 0.6 is 0 Å². The van der Waals surface area contributed by atoms with Gasteiger partial charge in [0.2, 0.25) is 0 Å². The Kier molecular flexibility index (Phi) is 9.39. The standard InChI is InChI=1S/C12H14O6S3/c1-4-10(19(13)14)7-9(12(6-3)21(17)18)8-11(5-2)20(15)16/h1-3,9-12H,7-8H2,(H,13,14)(H,15,16)(H,17,18). The minimum Gasteiger partial charge on any atom is -0.305 e. The highest BCUT2D eigenvalue weighted by molar-refractivity contribution is 7.80. The van der Waals surface area contributed by atoms with E-state index in [2.05, 4.69) is 17.8 Å². The van der Waals surface area contributed by atoms with E-state index in [0.29, 0.717) is 0 Å². The lowest BCUT2D eigenvalue weighted by Gasteiger charge is -2.23. The Morgan fingerprint density at radius 3 is 1.33 bits per heavy atom. The number of rotatable bonds is 8. The molecule has 0 radical (unpaired) electrons. The molecule has 21 heavy (non-hydrogen) atoms. The molecule has 0 saturated heterocycles. The fraction of sp³-hybridized carbons (Fsp3) is 0.500. The molecule has 0 aliphatic heterocycles. The summed E-state index contributed by atoms with van der Waals surface area (Å²) in [6.07, 6.45) is 15.1. The number of hydrogen-bond acceptors (Lipinski definition) is 3. The molecule has 0 aromatic rings. The van der Waals surface area contributed by atoms with Crippen molar-refractivity contribution in [3.8, 4) is 37.0 Å². The minimum absolute atomic E-state index is 0.170. The second kappa shape index (κ2) is 9.86. The first kappa shape index (κ1) is 20.0. The average Bonchev–Trinajstić information content (AvgIpc) is 2.40. The summed E-state index contributed by atoms with van der Waals surface area (Å²) < 4.78 is 60.6. The molecule has 0 amide bonds. The van der Waals surface area contributed by atoms with Gasteiger partial charge in [0, 0.05) is 0 Å². The maximum absolute atomic E-state index is 11.2. The van der Waals surface area contributed by atoms with E-state index in [9.17, 15) is 17.2 Å². The van der Waals surface area contributed by atoms with Gasteiger partial charge in [0.15, 0.2) is 33.2 Å². The van der Waals surface area contributed by atoms with E-state index in [4.69, 9.17) is 28.4 Å². The van der Waals surface area contributed by atoms with Gasteiger partial charge in [0.25, 0.3) is 0 Å². The highest BCUT2D eigenvalue weighted by Crippen LogP contribution is 2.24. The van der Waals surface area contributed by atoms with Crippen LogP contribution in [0, 0.1) is 42.9 Å². The van der Waals surface area contributed by atoms with Gasteiger partial charge in [-0.1, -0.05) is 17.8 Å². The van der Waals surface area contributed by atoms with Gasteiger partial charge in [0.05, 0.1) is 0 Å². The largest absolute Gasteiger partial charge is 0.305 e. The van der Waals surface area contributed by atoms with E-state index < -0.39 is 54.9 Å². The van der Waals surface area contributed by atoms with Gasteiger partial charge >= 0.3 is 0 Å². The van der Waals surface area contributed by atoms with Gasteiger partial charge in [-0.2, -0.15) is 0 Å². The van der Waals surface area contributed by atoms with Gasteiger partial charge in [0.1, 0.15) is 15.7 Å². The van der Waals surface area contributed by atoms with Crippen molar-refractivity contribution in [2.24, 2.45) is 5.92 Å². The third kappa shape index (κ3) is 6.54. The first-order valence-corrected chi connectivity index (χ1v) is 8.96. The zero-order chi connectivity index (χ0) is 16.6. The maximum atomic E-state index is 11.2. The van der Waals surface area contributed by atoms with Gasteiger partial charge in [-0.3, -0.25) is 0 Å². The fourth-order valence-electron chi connectivity index (χ4n) is 1.67. The molecule has 116 valence electrons. The molecule has 0 bridgehead atoms. The highest BCUT2D eigenvalue weighted by atomic mass is 32.2. The zero-order valence-electron chi connectivity index (χ0n) is 10.7. The summed E-state index contributed by atoms with van der Waals surface area (Å²) in [4.78, 5) is 0. The number of terminal acetylenes is 3. The van der Waals surface area contributed by atoms with Crippen molar-refractivity contribution >= 4 is 33.2 Å². The molecule has 0 heterocycles. The van der Waals surface area contributed by atoms with Crippen molar-refractivity contribution in [1.29, 1.82) is 0 Å². The smallest absolute Gasteiger partial charge is 0.168 e. The SMILES string of the molecule is C#CC(CC(CC(C#C)S(=O)O)C(C#C)S(=O)O)S(=O)O. The fourth-order valence-corrected chi connectivity index (χ4v) is 3.39. The Hall–Kier alpha value is -0.990. The highest BCUT2D eigenvalue weighted by Gasteiger charge is 2.32. The maximum Gasteiger partial charge on any atom is 0.168 e. The van der Waals surface area contributed by atoms with Crippen molar-refractivity contribution in [2.75, 3.05) is 0 Å². The third-order valence-corrected chi connectivity index (χ3v) is 5.29. The minimum atomic E-state index is -2.43. The van der Waals surface area contributed by atoms with Gasteiger partial charge in [-0.05, 0) is 18.8 Å². The summed E-state index contributed by atoms with van der Waals surface area (Å²) in [7, 11) is 0. The summed E-state index contributed by atoms with van der Waals surface area (Å²) in [5, 5.41) is -3.47. The Morgan fingerprint density at radius 2 is 1.14 bits per heavy atom. The lowest BCUT2D eigenvalue weighted by Crippen LogP contribution is -2.32. The van der Waals surface area contributed by atoms with Gasteiger partial charge < -0.3 is 13.7 Å². The zero-order valence-corrected chi connectivity index (χ0v) is 13.2. The van der Waals surface area contributed by atoms with Crippen LogP contribution < -0.4 is 0 Å². The first-order valence-electron chi connectivity index (χ1n) is 5.45. The lowest BCUT2D eigenvalue weighted by molar-refractivity contribution is 0.443. The molecule has 6 atom stereocenters. The van der Waals surface area contributed by atoms with Crippen LogP contribution in [0.4, 0.5) is 0 Å². The normalized spacial score (nSPS) is 20.6. The lowest BCUT2D eigenvalue weighted by atomic mass is 9.94. The third-order valence-electron chi connectivity index (χ3n) is 2.70. The van der Waals surface area contributed by atoms with Gasteiger partial charge in [-0.25, -0.2) is 12.6 Å². The molecule has 0 saturated carbocycles. The van der Waals surface area contributed by atoms with E-state index in [0.717, 1.165) is 0 Å². The summed E-state index contributed by atoms with van der Waals surface area (Å²) in [6.45, 7) is 0. The molecule has 0 aliphatic rings. The molecule has 0 spiro atoms.